The third kappa shape index (κ3) is 4.21. The van der Waals surface area contributed by atoms with Crippen LogP contribution in [-0.4, -0.2) is 45.0 Å². The Morgan fingerprint density at radius 3 is 2.24 bits per heavy atom. The molecule has 34 heavy (non-hydrogen) atoms. The molecule has 0 aromatic heterocycles. The number of Topliss-reactive ketones (excluding diaryl/α,β-unsaturated/α-hetero) is 1. The lowest BCUT2D eigenvalue weighted by molar-refractivity contribution is -0.384. The third-order valence-corrected chi connectivity index (χ3v) is 6.06. The van der Waals surface area contributed by atoms with Gasteiger partial charge in [-0.05, 0) is 56.2 Å². The average molecular weight is 465 g/mol. The second-order valence-electron chi connectivity index (χ2n) is 8.29. The Hall–Kier alpha value is -4.21. The van der Waals surface area contributed by atoms with E-state index in [0.717, 1.165) is 39.9 Å². The highest BCUT2D eigenvalue weighted by atomic mass is 19.1. The van der Waals surface area contributed by atoms with Crippen molar-refractivity contribution in [2.45, 2.75) is 19.8 Å². The molecular weight excluding hydrogens is 445 g/mol. The minimum absolute atomic E-state index is 0.0396. The van der Waals surface area contributed by atoms with Crippen LogP contribution in [0.25, 0.3) is 0 Å². The molecule has 1 saturated heterocycles. The fourth-order valence-electron chi connectivity index (χ4n) is 4.23. The Labute approximate surface area is 193 Å². The number of ketones is 1. The fourth-order valence-corrected chi connectivity index (χ4v) is 4.23. The Morgan fingerprint density at radius 2 is 1.62 bits per heavy atom. The van der Waals surface area contributed by atoms with Crippen molar-refractivity contribution < 1.29 is 28.5 Å². The smallest absolute Gasteiger partial charge is 0.273 e. The van der Waals surface area contributed by atoms with Gasteiger partial charge < -0.3 is 0 Å². The lowest BCUT2D eigenvalue weighted by Gasteiger charge is -2.30. The molecule has 9 nitrogen and oxygen atoms in total. The molecule has 1 fully saturated rings. The predicted octanol–water partition coefficient (Wildman–Crippen LogP) is 3.32. The van der Waals surface area contributed by atoms with Gasteiger partial charge in [-0.1, -0.05) is 11.6 Å². The van der Waals surface area contributed by atoms with E-state index >= 15 is 0 Å². The van der Waals surface area contributed by atoms with Gasteiger partial charge in [-0.15, -0.1) is 0 Å². The minimum Gasteiger partial charge on any atom is -0.292 e. The van der Waals surface area contributed by atoms with Gasteiger partial charge in [-0.25, -0.2) is 9.40 Å². The van der Waals surface area contributed by atoms with Crippen LogP contribution in [0.2, 0.25) is 0 Å². The number of hydrazine groups is 1. The van der Waals surface area contributed by atoms with Crippen LogP contribution in [-0.2, 0) is 9.59 Å². The van der Waals surface area contributed by atoms with Crippen LogP contribution in [0.1, 0.15) is 40.5 Å². The standard InChI is InChI=1S/C24H20FN3O6/c1-14-2-11-19-20(12-14)24(32)27(23(19)31)26(13-21(29)15-3-7-17(25)8-4-15)22(30)16-5-9-18(10-6-16)28(33)34/h2-10,19-20H,11-13H2,1H3/t19-,20-/m0/s1. The van der Waals surface area contributed by atoms with E-state index in [0.29, 0.717) is 12.8 Å². The van der Waals surface area contributed by atoms with E-state index in [1.165, 1.54) is 24.3 Å². The van der Waals surface area contributed by atoms with Gasteiger partial charge in [0.1, 0.15) is 12.4 Å². The number of benzene rings is 2. The van der Waals surface area contributed by atoms with E-state index in [4.69, 9.17) is 0 Å². The zero-order valence-electron chi connectivity index (χ0n) is 18.1. The molecule has 0 unspecified atom stereocenters. The molecule has 1 aliphatic carbocycles. The van der Waals surface area contributed by atoms with Gasteiger partial charge in [-0.2, -0.15) is 5.01 Å². The molecular formula is C24H20FN3O6. The molecule has 10 heteroatoms. The highest BCUT2D eigenvalue weighted by Gasteiger charge is 2.51. The summed E-state index contributed by atoms with van der Waals surface area (Å²) >= 11 is 0. The summed E-state index contributed by atoms with van der Waals surface area (Å²) in [5.74, 6) is -4.43. The van der Waals surface area contributed by atoms with Crippen molar-refractivity contribution in [3.05, 3.63) is 87.2 Å². The number of carbonyl (C=O) groups excluding carboxylic acids is 4. The van der Waals surface area contributed by atoms with Crippen molar-refractivity contribution in [3.63, 3.8) is 0 Å². The number of imide groups is 1. The summed E-state index contributed by atoms with van der Waals surface area (Å²) < 4.78 is 13.3. The number of non-ortho nitro benzene ring substituents is 1. The predicted molar refractivity (Wildman–Crippen MR) is 117 cm³/mol. The highest BCUT2D eigenvalue weighted by Crippen LogP contribution is 2.38. The van der Waals surface area contributed by atoms with Crippen molar-refractivity contribution in [2.24, 2.45) is 11.8 Å². The third-order valence-electron chi connectivity index (χ3n) is 6.06. The van der Waals surface area contributed by atoms with Gasteiger partial charge in [0.05, 0.1) is 16.8 Å². The number of allylic oxidation sites excluding steroid dienone is 2. The van der Waals surface area contributed by atoms with Crippen LogP contribution in [0.3, 0.4) is 0 Å². The zero-order chi connectivity index (χ0) is 24.6. The maximum Gasteiger partial charge on any atom is 0.273 e. The number of nitro benzene ring substituents is 1. The van der Waals surface area contributed by atoms with Crippen molar-refractivity contribution in [3.8, 4) is 0 Å². The number of amides is 3. The van der Waals surface area contributed by atoms with E-state index in [1.54, 1.807) is 0 Å². The van der Waals surface area contributed by atoms with Crippen molar-refractivity contribution >= 4 is 29.2 Å². The number of halogens is 1. The number of nitrogens with zero attached hydrogens (tertiary/aromatic N) is 3. The van der Waals surface area contributed by atoms with Crippen molar-refractivity contribution in [1.82, 2.24) is 10.0 Å². The van der Waals surface area contributed by atoms with Gasteiger partial charge in [-0.3, -0.25) is 29.3 Å². The van der Waals surface area contributed by atoms with Crippen LogP contribution >= 0.6 is 0 Å². The SMILES string of the molecule is CC1=CC[C@@H]2C(=O)N(N(CC(=O)c3ccc(F)cc3)C(=O)c3ccc([N+](=O)[O-])cc3)C(=O)[C@H]2C1. The first-order valence-electron chi connectivity index (χ1n) is 10.6. The van der Waals surface area contributed by atoms with Gasteiger partial charge in [0.25, 0.3) is 23.4 Å². The minimum atomic E-state index is -0.838. The second kappa shape index (κ2) is 8.97. The summed E-state index contributed by atoms with van der Waals surface area (Å²) in [4.78, 5) is 63.0. The van der Waals surface area contributed by atoms with E-state index in [2.05, 4.69) is 0 Å². The molecule has 1 aliphatic heterocycles. The first-order valence-corrected chi connectivity index (χ1v) is 10.6. The van der Waals surface area contributed by atoms with E-state index in [1.807, 2.05) is 13.0 Å². The van der Waals surface area contributed by atoms with Crippen LogP contribution in [0.15, 0.2) is 60.2 Å². The molecule has 0 saturated carbocycles. The first-order chi connectivity index (χ1) is 16.2. The number of hydrogen-bond acceptors (Lipinski definition) is 6. The number of nitro groups is 1. The van der Waals surface area contributed by atoms with Crippen LogP contribution < -0.4 is 0 Å². The zero-order valence-corrected chi connectivity index (χ0v) is 18.1. The Bertz CT molecular complexity index is 1220. The molecule has 4 rings (SSSR count). The van der Waals surface area contributed by atoms with Crippen molar-refractivity contribution in [1.29, 1.82) is 0 Å². The van der Waals surface area contributed by atoms with Gasteiger partial charge in [0, 0.05) is 23.3 Å². The highest BCUT2D eigenvalue weighted by molar-refractivity contribution is 6.09. The molecule has 3 amide bonds. The molecule has 0 N–H and O–H groups in total. The molecule has 2 aliphatic rings. The summed E-state index contributed by atoms with van der Waals surface area (Å²) in [6.45, 7) is 1.21. The maximum absolute atomic E-state index is 13.4. The second-order valence-corrected chi connectivity index (χ2v) is 8.29. The number of fused-ring (bicyclic) bond motifs is 1. The molecule has 2 aromatic carbocycles. The molecule has 0 radical (unpaired) electrons. The van der Waals surface area contributed by atoms with Gasteiger partial charge in [0.15, 0.2) is 5.78 Å². The monoisotopic (exact) mass is 465 g/mol. The molecule has 174 valence electrons. The first kappa shape index (κ1) is 23.0. The summed E-state index contributed by atoms with van der Waals surface area (Å²) in [5, 5.41) is 12.5. The van der Waals surface area contributed by atoms with E-state index in [-0.39, 0.29) is 16.8 Å². The Balaban J connectivity index is 1.69. The molecule has 0 bridgehead atoms. The van der Waals surface area contributed by atoms with Crippen LogP contribution in [0.5, 0.6) is 0 Å². The normalized spacial score (nSPS) is 19.5. The van der Waals surface area contributed by atoms with Crippen LogP contribution in [0.4, 0.5) is 10.1 Å². The summed E-state index contributed by atoms with van der Waals surface area (Å²) in [6.07, 6.45) is 2.60. The van der Waals surface area contributed by atoms with Gasteiger partial charge in [0.2, 0.25) is 0 Å². The number of rotatable bonds is 6. The Morgan fingerprint density at radius 1 is 1.03 bits per heavy atom. The molecule has 0 spiro atoms. The summed E-state index contributed by atoms with van der Waals surface area (Å²) in [5.41, 5.74) is 0.769. The molecule has 2 atom stereocenters. The summed E-state index contributed by atoms with van der Waals surface area (Å²) in [7, 11) is 0. The maximum atomic E-state index is 13.4. The molecule has 2 aromatic rings. The Kier molecular flexibility index (Phi) is 6.06. The average Bonchev–Trinajstić information content (AvgIpc) is 3.06. The summed E-state index contributed by atoms with van der Waals surface area (Å²) in [6, 6.07) is 9.29. The van der Waals surface area contributed by atoms with Crippen LogP contribution in [0, 0.1) is 27.8 Å². The van der Waals surface area contributed by atoms with Gasteiger partial charge >= 0.3 is 0 Å². The topological polar surface area (TPSA) is 118 Å². The van der Waals surface area contributed by atoms with E-state index < -0.39 is 52.6 Å². The lowest BCUT2D eigenvalue weighted by atomic mass is 9.82. The van der Waals surface area contributed by atoms with E-state index in [9.17, 15) is 33.7 Å². The number of carbonyl (C=O) groups is 4. The quantitative estimate of drug-likeness (QED) is 0.212. The molecule has 1 heterocycles. The largest absolute Gasteiger partial charge is 0.292 e. The van der Waals surface area contributed by atoms with Crippen molar-refractivity contribution in [2.75, 3.05) is 6.54 Å². The lowest BCUT2D eigenvalue weighted by Crippen LogP contribution is -2.52. The number of hydrogen-bond donors (Lipinski definition) is 0. The fraction of sp³-hybridized carbons (Fsp3) is 0.250.